The van der Waals surface area contributed by atoms with Crippen LogP contribution in [0.4, 0.5) is 0 Å². The maximum Gasteiger partial charge on any atom is 0.237 e. The van der Waals surface area contributed by atoms with Crippen molar-refractivity contribution in [2.75, 3.05) is 33.0 Å². The Hall–Kier alpha value is -0.650. The summed E-state index contributed by atoms with van der Waals surface area (Å²) in [6, 6.07) is 0. The van der Waals surface area contributed by atoms with E-state index >= 15 is 0 Å². The normalized spacial score (nSPS) is 14.6. The summed E-state index contributed by atoms with van der Waals surface area (Å²) >= 11 is 0. The Morgan fingerprint density at radius 1 is 1.26 bits per heavy atom. The molecule has 0 rings (SSSR count). The molecule has 0 spiro atoms. The lowest BCUT2D eigenvalue weighted by molar-refractivity contribution is -0.124. The molecule has 0 aliphatic heterocycles. The lowest BCUT2D eigenvalue weighted by atomic mass is 9.97. The van der Waals surface area contributed by atoms with E-state index in [-0.39, 0.29) is 5.91 Å². The fourth-order valence-electron chi connectivity index (χ4n) is 1.51. The van der Waals surface area contributed by atoms with Gasteiger partial charge >= 0.3 is 0 Å². The van der Waals surface area contributed by atoms with Crippen LogP contribution in [0.5, 0.6) is 0 Å². The molecular formula is C14H30N2O3. The van der Waals surface area contributed by atoms with E-state index < -0.39 is 5.54 Å². The average molecular weight is 274 g/mol. The SMILES string of the molecule is CCCNC(C)(CCOCCOCC(C)C)C(N)=O. The van der Waals surface area contributed by atoms with Gasteiger partial charge in [-0.2, -0.15) is 0 Å². The topological polar surface area (TPSA) is 73.6 Å². The molecule has 114 valence electrons. The van der Waals surface area contributed by atoms with E-state index in [9.17, 15) is 4.79 Å². The van der Waals surface area contributed by atoms with Crippen molar-refractivity contribution in [3.8, 4) is 0 Å². The molecule has 0 aliphatic carbocycles. The van der Waals surface area contributed by atoms with Crippen molar-refractivity contribution in [1.82, 2.24) is 5.32 Å². The molecule has 1 unspecified atom stereocenters. The molecule has 5 nitrogen and oxygen atoms in total. The standard InChI is InChI=1S/C14H30N2O3/c1-5-7-16-14(4,13(15)17)6-8-18-9-10-19-11-12(2)3/h12,16H,5-11H2,1-4H3,(H2,15,17). The minimum atomic E-state index is -0.686. The van der Waals surface area contributed by atoms with Gasteiger partial charge in [0, 0.05) is 13.2 Å². The van der Waals surface area contributed by atoms with Crippen LogP contribution < -0.4 is 11.1 Å². The summed E-state index contributed by atoms with van der Waals surface area (Å²) in [7, 11) is 0. The number of nitrogens with one attached hydrogen (secondary N) is 1. The molecule has 0 aliphatic rings. The number of carbonyl (C=O) groups is 1. The van der Waals surface area contributed by atoms with Gasteiger partial charge in [0.2, 0.25) is 5.91 Å². The largest absolute Gasteiger partial charge is 0.379 e. The third kappa shape index (κ3) is 8.97. The van der Waals surface area contributed by atoms with E-state index in [4.69, 9.17) is 15.2 Å². The van der Waals surface area contributed by atoms with E-state index in [1.807, 2.05) is 6.92 Å². The third-order valence-electron chi connectivity index (χ3n) is 2.88. The van der Waals surface area contributed by atoms with Crippen molar-refractivity contribution in [2.45, 2.75) is 46.1 Å². The van der Waals surface area contributed by atoms with Crippen LogP contribution in [-0.4, -0.2) is 44.4 Å². The van der Waals surface area contributed by atoms with Crippen molar-refractivity contribution < 1.29 is 14.3 Å². The van der Waals surface area contributed by atoms with Crippen LogP contribution in [0.25, 0.3) is 0 Å². The second kappa shape index (κ2) is 10.2. The molecule has 0 aromatic carbocycles. The number of hydrogen-bond donors (Lipinski definition) is 2. The number of hydrogen-bond acceptors (Lipinski definition) is 4. The first-order valence-electron chi connectivity index (χ1n) is 7.12. The minimum Gasteiger partial charge on any atom is -0.379 e. The van der Waals surface area contributed by atoms with Crippen molar-refractivity contribution in [3.05, 3.63) is 0 Å². The zero-order chi connectivity index (χ0) is 14.7. The third-order valence-corrected chi connectivity index (χ3v) is 2.88. The van der Waals surface area contributed by atoms with Gasteiger partial charge in [0.15, 0.2) is 0 Å². The minimum absolute atomic E-state index is 0.333. The maximum absolute atomic E-state index is 11.4. The summed E-state index contributed by atoms with van der Waals surface area (Å²) < 4.78 is 10.9. The highest BCUT2D eigenvalue weighted by molar-refractivity contribution is 5.84. The lowest BCUT2D eigenvalue weighted by Gasteiger charge is -2.27. The molecule has 0 radical (unpaired) electrons. The molecule has 1 atom stereocenters. The van der Waals surface area contributed by atoms with Crippen molar-refractivity contribution in [2.24, 2.45) is 11.7 Å². The summed E-state index contributed by atoms with van der Waals surface area (Å²) in [5.74, 6) is 0.206. The molecule has 0 bridgehead atoms. The van der Waals surface area contributed by atoms with Gasteiger partial charge in [0.1, 0.15) is 0 Å². The summed E-state index contributed by atoms with van der Waals surface area (Å²) in [5, 5.41) is 3.18. The summed E-state index contributed by atoms with van der Waals surface area (Å²) in [6.45, 7) is 11.3. The molecular weight excluding hydrogens is 244 g/mol. The van der Waals surface area contributed by atoms with E-state index in [1.54, 1.807) is 0 Å². The fourth-order valence-corrected chi connectivity index (χ4v) is 1.51. The van der Waals surface area contributed by atoms with E-state index in [2.05, 4.69) is 26.1 Å². The highest BCUT2D eigenvalue weighted by Crippen LogP contribution is 2.09. The number of amides is 1. The average Bonchev–Trinajstić information content (AvgIpc) is 2.34. The number of nitrogens with two attached hydrogens (primary N) is 1. The van der Waals surface area contributed by atoms with Gasteiger partial charge in [0.05, 0.1) is 18.8 Å². The van der Waals surface area contributed by atoms with Gasteiger partial charge in [-0.3, -0.25) is 4.79 Å². The monoisotopic (exact) mass is 274 g/mol. The Kier molecular flexibility index (Phi) is 9.83. The van der Waals surface area contributed by atoms with E-state index in [0.717, 1.165) is 19.6 Å². The zero-order valence-electron chi connectivity index (χ0n) is 12.8. The fraction of sp³-hybridized carbons (Fsp3) is 0.929. The lowest BCUT2D eigenvalue weighted by Crippen LogP contribution is -2.54. The van der Waals surface area contributed by atoms with E-state index in [1.165, 1.54) is 0 Å². The highest BCUT2D eigenvalue weighted by atomic mass is 16.5. The predicted octanol–water partition coefficient (Wildman–Crippen LogP) is 1.31. The first-order valence-corrected chi connectivity index (χ1v) is 7.12. The smallest absolute Gasteiger partial charge is 0.237 e. The quantitative estimate of drug-likeness (QED) is 0.526. The van der Waals surface area contributed by atoms with Gasteiger partial charge in [-0.1, -0.05) is 20.8 Å². The molecule has 0 saturated carbocycles. The second-order valence-corrected chi connectivity index (χ2v) is 5.45. The molecule has 0 saturated heterocycles. The number of rotatable bonds is 12. The molecule has 0 fully saturated rings. The highest BCUT2D eigenvalue weighted by Gasteiger charge is 2.29. The number of carbonyl (C=O) groups excluding carboxylic acids is 1. The molecule has 3 N–H and O–H groups in total. The van der Waals surface area contributed by atoms with Gasteiger partial charge < -0.3 is 20.5 Å². The van der Waals surface area contributed by atoms with Crippen LogP contribution in [0.1, 0.15) is 40.5 Å². The van der Waals surface area contributed by atoms with Crippen LogP contribution in [0.2, 0.25) is 0 Å². The number of ether oxygens (including phenoxy) is 2. The Morgan fingerprint density at radius 3 is 2.42 bits per heavy atom. The molecule has 5 heteroatoms. The van der Waals surface area contributed by atoms with Crippen molar-refractivity contribution in [3.63, 3.8) is 0 Å². The first-order chi connectivity index (χ1) is 8.92. The van der Waals surface area contributed by atoms with Gasteiger partial charge in [-0.05, 0) is 32.2 Å². The Morgan fingerprint density at radius 2 is 1.89 bits per heavy atom. The molecule has 0 heterocycles. The van der Waals surface area contributed by atoms with Crippen LogP contribution >= 0.6 is 0 Å². The van der Waals surface area contributed by atoms with Crippen LogP contribution in [0.15, 0.2) is 0 Å². The first kappa shape index (κ1) is 18.4. The summed E-state index contributed by atoms with van der Waals surface area (Å²) in [5.41, 5.74) is 4.74. The van der Waals surface area contributed by atoms with E-state index in [0.29, 0.717) is 32.2 Å². The molecule has 1 amide bonds. The van der Waals surface area contributed by atoms with Gasteiger partial charge in [0.25, 0.3) is 0 Å². The van der Waals surface area contributed by atoms with Gasteiger partial charge in [-0.15, -0.1) is 0 Å². The van der Waals surface area contributed by atoms with Crippen molar-refractivity contribution >= 4 is 5.91 Å². The second-order valence-electron chi connectivity index (χ2n) is 5.45. The summed E-state index contributed by atoms with van der Waals surface area (Å²) in [6.07, 6.45) is 1.54. The zero-order valence-corrected chi connectivity index (χ0v) is 12.8. The maximum atomic E-state index is 11.4. The molecule has 19 heavy (non-hydrogen) atoms. The molecule has 0 aromatic heterocycles. The molecule has 0 aromatic rings. The van der Waals surface area contributed by atoms with Crippen LogP contribution in [0, 0.1) is 5.92 Å². The Labute approximate surface area is 117 Å². The van der Waals surface area contributed by atoms with Gasteiger partial charge in [-0.25, -0.2) is 0 Å². The predicted molar refractivity (Wildman–Crippen MR) is 77.0 cm³/mol. The summed E-state index contributed by atoms with van der Waals surface area (Å²) in [4.78, 5) is 11.4. The van der Waals surface area contributed by atoms with Crippen molar-refractivity contribution in [1.29, 1.82) is 0 Å². The number of primary amides is 1. The Bertz CT molecular complexity index is 247. The van der Waals surface area contributed by atoms with Crippen LogP contribution in [-0.2, 0) is 14.3 Å². The van der Waals surface area contributed by atoms with Crippen LogP contribution in [0.3, 0.4) is 0 Å². The Balaban J connectivity index is 3.73.